The third-order valence-corrected chi connectivity index (χ3v) is 3.91. The van der Waals surface area contributed by atoms with Crippen LogP contribution in [0.15, 0.2) is 34.8 Å². The van der Waals surface area contributed by atoms with Crippen molar-refractivity contribution in [3.63, 3.8) is 0 Å². The maximum absolute atomic E-state index is 11.9. The first kappa shape index (κ1) is 17.0. The first-order chi connectivity index (χ1) is 10.8. The van der Waals surface area contributed by atoms with Gasteiger partial charge in [0, 0.05) is 19.2 Å². The normalized spacial score (nSPS) is 20.0. The number of carboxylic acids is 1. The molecular weight excluding hydrogens is 320 g/mol. The van der Waals surface area contributed by atoms with Crippen LogP contribution < -0.4 is 5.32 Å². The number of phenolic OH excluding ortho intramolecular Hbond substituents is 1. The number of aromatic hydroxyl groups is 1. The Bertz CT molecular complexity index is 699. The van der Waals surface area contributed by atoms with Crippen molar-refractivity contribution in [3.8, 4) is 5.75 Å². The van der Waals surface area contributed by atoms with Crippen molar-refractivity contribution in [3.05, 3.63) is 40.4 Å². The number of halogens is 1. The highest BCUT2D eigenvalue weighted by Gasteiger charge is 2.34. The molecule has 3 N–H and O–H groups in total. The summed E-state index contributed by atoms with van der Waals surface area (Å²) in [5.74, 6) is -1.30. The van der Waals surface area contributed by atoms with Crippen LogP contribution in [0.1, 0.15) is 18.9 Å². The lowest BCUT2D eigenvalue weighted by Crippen LogP contribution is -2.37. The van der Waals surface area contributed by atoms with Gasteiger partial charge >= 0.3 is 5.97 Å². The number of hydrogen-bond acceptors (Lipinski definition) is 4. The Labute approximate surface area is 138 Å². The molecule has 0 radical (unpaired) electrons. The number of carbonyl (C=O) groups is 2. The van der Waals surface area contributed by atoms with Crippen molar-refractivity contribution in [1.82, 2.24) is 5.32 Å². The van der Waals surface area contributed by atoms with Crippen molar-refractivity contribution in [2.45, 2.75) is 25.3 Å². The van der Waals surface area contributed by atoms with Gasteiger partial charge in [0.25, 0.3) is 0 Å². The fraction of sp³-hybridized carbons (Fsp3) is 0.312. The highest BCUT2D eigenvalue weighted by atomic mass is 35.5. The molecule has 122 valence electrons. The first-order valence-electron chi connectivity index (χ1n) is 7.01. The first-order valence-corrected chi connectivity index (χ1v) is 7.39. The van der Waals surface area contributed by atoms with Gasteiger partial charge in [0.15, 0.2) is 5.54 Å². The molecule has 1 atom stereocenters. The molecule has 1 aliphatic heterocycles. The number of benzene rings is 1. The Kier molecular flexibility index (Phi) is 5.05. The minimum atomic E-state index is -1.18. The quantitative estimate of drug-likeness (QED) is 0.765. The summed E-state index contributed by atoms with van der Waals surface area (Å²) in [4.78, 5) is 27.1. The number of nitrogens with zero attached hydrogens (tertiary/aromatic N) is 1. The van der Waals surface area contributed by atoms with Gasteiger partial charge in [-0.2, -0.15) is 0 Å². The number of aliphatic imine (C=N–C) groups is 1. The summed E-state index contributed by atoms with van der Waals surface area (Å²) in [6.45, 7) is 1.80. The SMILES string of the molecule is CC1(C(=O)O)CC(CNC(=O)Cc2ccc(Cl)c(O)c2)=CC=N1. The molecule has 0 saturated carbocycles. The van der Waals surface area contributed by atoms with Gasteiger partial charge in [0.1, 0.15) is 5.75 Å². The molecule has 0 fully saturated rings. The van der Waals surface area contributed by atoms with E-state index in [1.54, 1.807) is 12.1 Å². The van der Waals surface area contributed by atoms with E-state index in [0.717, 1.165) is 5.57 Å². The number of nitrogens with one attached hydrogen (secondary N) is 1. The smallest absolute Gasteiger partial charge is 0.331 e. The Morgan fingerprint density at radius 3 is 2.83 bits per heavy atom. The number of aliphatic carboxylic acids is 1. The van der Waals surface area contributed by atoms with E-state index in [0.29, 0.717) is 5.56 Å². The molecule has 0 saturated heterocycles. The van der Waals surface area contributed by atoms with E-state index in [2.05, 4.69) is 10.3 Å². The number of allylic oxidation sites excluding steroid dienone is 1. The van der Waals surface area contributed by atoms with Gasteiger partial charge in [-0.1, -0.05) is 17.7 Å². The van der Waals surface area contributed by atoms with Crippen LogP contribution in [0.4, 0.5) is 0 Å². The summed E-state index contributed by atoms with van der Waals surface area (Å²) >= 11 is 5.71. The molecule has 0 spiro atoms. The molecule has 1 heterocycles. The summed E-state index contributed by atoms with van der Waals surface area (Å²) in [5, 5.41) is 21.7. The number of carboxylic acid groups (broad SMARTS) is 1. The fourth-order valence-electron chi connectivity index (χ4n) is 2.23. The van der Waals surface area contributed by atoms with Gasteiger partial charge in [0.05, 0.1) is 11.4 Å². The standard InChI is InChI=1S/C16H17ClN2O4/c1-16(15(22)23)8-11(4-5-19-16)9-18-14(21)7-10-2-3-12(17)13(20)6-10/h2-6,20H,7-9H2,1H3,(H,18,21)(H,22,23). The average Bonchev–Trinajstić information content (AvgIpc) is 2.49. The van der Waals surface area contributed by atoms with Crippen molar-refractivity contribution < 1.29 is 19.8 Å². The van der Waals surface area contributed by atoms with E-state index in [1.807, 2.05) is 0 Å². The van der Waals surface area contributed by atoms with Crippen LogP contribution in [-0.2, 0) is 16.0 Å². The number of rotatable bonds is 5. The van der Waals surface area contributed by atoms with Gasteiger partial charge in [-0.05, 0) is 36.3 Å². The van der Waals surface area contributed by atoms with E-state index in [-0.39, 0.29) is 36.1 Å². The molecule has 1 amide bonds. The number of hydrogen-bond donors (Lipinski definition) is 3. The Morgan fingerprint density at radius 1 is 1.43 bits per heavy atom. The second kappa shape index (κ2) is 6.83. The highest BCUT2D eigenvalue weighted by molar-refractivity contribution is 6.32. The molecule has 0 bridgehead atoms. The number of phenols is 1. The third kappa shape index (κ3) is 4.32. The van der Waals surface area contributed by atoms with E-state index in [9.17, 15) is 19.8 Å². The maximum Gasteiger partial charge on any atom is 0.331 e. The van der Waals surface area contributed by atoms with Crippen LogP contribution in [0.25, 0.3) is 0 Å². The van der Waals surface area contributed by atoms with E-state index in [4.69, 9.17) is 11.6 Å². The zero-order valence-electron chi connectivity index (χ0n) is 12.5. The van der Waals surface area contributed by atoms with E-state index < -0.39 is 11.5 Å². The summed E-state index contributed by atoms with van der Waals surface area (Å²) in [6, 6.07) is 4.63. The van der Waals surface area contributed by atoms with E-state index >= 15 is 0 Å². The van der Waals surface area contributed by atoms with Crippen LogP contribution in [0.2, 0.25) is 5.02 Å². The third-order valence-electron chi connectivity index (χ3n) is 3.59. The second-order valence-electron chi connectivity index (χ2n) is 5.60. The summed E-state index contributed by atoms with van der Waals surface area (Å²) in [5.41, 5.74) is 0.243. The van der Waals surface area contributed by atoms with Crippen LogP contribution in [0.3, 0.4) is 0 Å². The Hall–Kier alpha value is -2.34. The summed E-state index contributed by atoms with van der Waals surface area (Å²) in [7, 11) is 0. The van der Waals surface area contributed by atoms with Crippen LogP contribution >= 0.6 is 11.6 Å². The van der Waals surface area contributed by atoms with Gasteiger partial charge in [-0.3, -0.25) is 9.79 Å². The molecule has 1 aromatic rings. The fourth-order valence-corrected chi connectivity index (χ4v) is 2.35. The Balaban J connectivity index is 1.90. The monoisotopic (exact) mass is 336 g/mol. The average molecular weight is 337 g/mol. The number of amides is 1. The van der Waals surface area contributed by atoms with Crippen LogP contribution in [-0.4, -0.2) is 40.4 Å². The van der Waals surface area contributed by atoms with Gasteiger partial charge in [0.2, 0.25) is 5.91 Å². The highest BCUT2D eigenvalue weighted by Crippen LogP contribution is 2.25. The lowest BCUT2D eigenvalue weighted by molar-refractivity contribution is -0.142. The molecule has 2 rings (SSSR count). The van der Waals surface area contributed by atoms with Crippen LogP contribution in [0, 0.1) is 0 Å². The number of carbonyl (C=O) groups excluding carboxylic acids is 1. The predicted molar refractivity (Wildman–Crippen MR) is 87.1 cm³/mol. The van der Waals surface area contributed by atoms with Crippen LogP contribution in [0.5, 0.6) is 5.75 Å². The lowest BCUT2D eigenvalue weighted by Gasteiger charge is -2.24. The van der Waals surface area contributed by atoms with Crippen molar-refractivity contribution in [2.75, 3.05) is 6.54 Å². The molecule has 1 unspecified atom stereocenters. The number of dihydropyridines is 1. The lowest BCUT2D eigenvalue weighted by atomic mass is 9.91. The van der Waals surface area contributed by atoms with Gasteiger partial charge in [-0.25, -0.2) is 4.79 Å². The zero-order chi connectivity index (χ0) is 17.0. The maximum atomic E-state index is 11.9. The molecular formula is C16H17ClN2O4. The predicted octanol–water partition coefficient (Wildman–Crippen LogP) is 1.95. The molecule has 6 nitrogen and oxygen atoms in total. The second-order valence-corrected chi connectivity index (χ2v) is 6.01. The molecule has 7 heteroatoms. The molecule has 0 aromatic heterocycles. The molecule has 23 heavy (non-hydrogen) atoms. The van der Waals surface area contributed by atoms with E-state index in [1.165, 1.54) is 25.3 Å². The molecule has 1 aliphatic rings. The van der Waals surface area contributed by atoms with Crippen molar-refractivity contribution in [1.29, 1.82) is 0 Å². The molecule has 0 aliphatic carbocycles. The topological polar surface area (TPSA) is 99.0 Å². The minimum absolute atomic E-state index is 0.0691. The minimum Gasteiger partial charge on any atom is -0.506 e. The zero-order valence-corrected chi connectivity index (χ0v) is 13.3. The van der Waals surface area contributed by atoms with Gasteiger partial charge in [-0.15, -0.1) is 0 Å². The van der Waals surface area contributed by atoms with Crippen molar-refractivity contribution >= 4 is 29.7 Å². The summed E-state index contributed by atoms with van der Waals surface area (Å²) < 4.78 is 0. The Morgan fingerprint density at radius 2 is 2.17 bits per heavy atom. The summed E-state index contributed by atoms with van der Waals surface area (Å²) in [6.07, 6.45) is 3.51. The van der Waals surface area contributed by atoms with Crippen molar-refractivity contribution in [2.24, 2.45) is 4.99 Å². The van der Waals surface area contributed by atoms with Gasteiger partial charge < -0.3 is 15.5 Å². The largest absolute Gasteiger partial charge is 0.506 e. The molecule has 1 aromatic carbocycles.